The summed E-state index contributed by atoms with van der Waals surface area (Å²) in [6.45, 7) is 3.66. The number of likely N-dealkylation sites (tertiary alicyclic amines) is 1. The summed E-state index contributed by atoms with van der Waals surface area (Å²) in [6, 6.07) is 5.81. The Kier molecular flexibility index (Phi) is 4.22. The van der Waals surface area contributed by atoms with Crippen LogP contribution in [0.15, 0.2) is 24.4 Å². The maximum atomic E-state index is 12.3. The Morgan fingerprint density at radius 2 is 1.82 bits per heavy atom. The fraction of sp³-hybridized carbons (Fsp3) is 0.471. The van der Waals surface area contributed by atoms with E-state index in [4.69, 9.17) is 0 Å². The highest BCUT2D eigenvalue weighted by molar-refractivity contribution is 5.93. The Morgan fingerprint density at radius 1 is 1.09 bits per heavy atom. The van der Waals surface area contributed by atoms with Crippen LogP contribution in [0, 0.1) is 6.92 Å². The molecular formula is C17H21N3O2. The first kappa shape index (κ1) is 14.8. The number of aromatic nitrogens is 2. The lowest BCUT2D eigenvalue weighted by Crippen LogP contribution is -2.35. The molecule has 1 aromatic heterocycles. The van der Waals surface area contributed by atoms with Crippen LogP contribution in [0.2, 0.25) is 0 Å². The Balaban J connectivity index is 1.66. The summed E-state index contributed by atoms with van der Waals surface area (Å²) in [6.07, 6.45) is 5.54. The molecule has 5 heteroatoms. The summed E-state index contributed by atoms with van der Waals surface area (Å²) in [5.74, 6) is -0.0355. The van der Waals surface area contributed by atoms with Gasteiger partial charge in [0.05, 0.1) is 11.7 Å². The van der Waals surface area contributed by atoms with Crippen molar-refractivity contribution in [2.45, 2.75) is 39.0 Å². The van der Waals surface area contributed by atoms with E-state index in [1.807, 2.05) is 30.0 Å². The number of piperidine rings is 1. The number of amides is 1. The van der Waals surface area contributed by atoms with Crippen LogP contribution in [0.5, 0.6) is 0 Å². The summed E-state index contributed by atoms with van der Waals surface area (Å²) >= 11 is 0. The van der Waals surface area contributed by atoms with Crippen molar-refractivity contribution >= 4 is 22.7 Å². The molecule has 2 heterocycles. The number of nitrogens with zero attached hydrogens (tertiary/aromatic N) is 3. The zero-order valence-corrected chi connectivity index (χ0v) is 12.9. The molecule has 116 valence electrons. The van der Waals surface area contributed by atoms with E-state index in [9.17, 15) is 9.59 Å². The van der Waals surface area contributed by atoms with Gasteiger partial charge in [-0.1, -0.05) is 12.1 Å². The van der Waals surface area contributed by atoms with E-state index in [0.717, 1.165) is 42.4 Å². The average Bonchev–Trinajstić information content (AvgIpc) is 2.98. The van der Waals surface area contributed by atoms with Gasteiger partial charge < -0.3 is 4.90 Å². The van der Waals surface area contributed by atoms with Crippen molar-refractivity contribution in [3.63, 3.8) is 0 Å². The smallest absolute Gasteiger partial charge is 0.247 e. The molecule has 0 atom stereocenters. The van der Waals surface area contributed by atoms with Gasteiger partial charge in [-0.15, -0.1) is 0 Å². The molecule has 0 spiro atoms. The quantitative estimate of drug-likeness (QED) is 0.875. The summed E-state index contributed by atoms with van der Waals surface area (Å²) in [5, 5.41) is 5.17. The normalized spacial score (nSPS) is 15.2. The summed E-state index contributed by atoms with van der Waals surface area (Å²) in [5.41, 5.74) is 1.91. The van der Waals surface area contributed by atoms with Gasteiger partial charge in [0.2, 0.25) is 11.8 Å². The van der Waals surface area contributed by atoms with E-state index in [0.29, 0.717) is 0 Å². The number of rotatable bonds is 3. The van der Waals surface area contributed by atoms with Crippen LogP contribution in [0.4, 0.5) is 0 Å². The fourth-order valence-electron chi connectivity index (χ4n) is 3.02. The van der Waals surface area contributed by atoms with Crippen molar-refractivity contribution in [2.24, 2.45) is 0 Å². The number of hydrogen-bond donors (Lipinski definition) is 0. The Hall–Kier alpha value is -2.17. The van der Waals surface area contributed by atoms with Crippen LogP contribution in [0.25, 0.3) is 10.9 Å². The minimum Gasteiger partial charge on any atom is -0.343 e. The zero-order valence-electron chi connectivity index (χ0n) is 12.9. The first-order valence-electron chi connectivity index (χ1n) is 7.91. The molecule has 1 aliphatic heterocycles. The van der Waals surface area contributed by atoms with Gasteiger partial charge in [0, 0.05) is 31.3 Å². The Morgan fingerprint density at radius 3 is 2.59 bits per heavy atom. The van der Waals surface area contributed by atoms with E-state index in [-0.39, 0.29) is 24.7 Å². The molecule has 0 saturated carbocycles. The van der Waals surface area contributed by atoms with Crippen LogP contribution >= 0.6 is 0 Å². The first-order valence-corrected chi connectivity index (χ1v) is 7.91. The van der Waals surface area contributed by atoms with Crippen LogP contribution in [-0.2, 0) is 4.79 Å². The standard InChI is InChI=1S/C17H21N3O2/c1-13-6-5-7-15-14(13)12-18-20(15)17(22)9-8-16(21)19-10-3-2-4-11-19/h5-7,12H,2-4,8-11H2,1H3. The van der Waals surface area contributed by atoms with E-state index in [2.05, 4.69) is 5.10 Å². The van der Waals surface area contributed by atoms with Crippen molar-refractivity contribution in [2.75, 3.05) is 13.1 Å². The molecule has 1 aromatic carbocycles. The second-order valence-electron chi connectivity index (χ2n) is 5.90. The van der Waals surface area contributed by atoms with Crippen molar-refractivity contribution in [3.8, 4) is 0 Å². The molecule has 1 aliphatic rings. The largest absolute Gasteiger partial charge is 0.343 e. The number of carbonyl (C=O) groups excluding carboxylic acids is 2. The van der Waals surface area contributed by atoms with Crippen LogP contribution in [0.1, 0.15) is 42.5 Å². The third-order valence-electron chi connectivity index (χ3n) is 4.33. The van der Waals surface area contributed by atoms with E-state index in [1.165, 1.54) is 11.1 Å². The molecule has 1 saturated heterocycles. The maximum Gasteiger partial charge on any atom is 0.247 e. The van der Waals surface area contributed by atoms with Gasteiger partial charge in [-0.25, -0.2) is 4.68 Å². The number of hydrogen-bond acceptors (Lipinski definition) is 3. The molecule has 22 heavy (non-hydrogen) atoms. The average molecular weight is 299 g/mol. The van der Waals surface area contributed by atoms with E-state index >= 15 is 0 Å². The van der Waals surface area contributed by atoms with Crippen molar-refractivity contribution < 1.29 is 9.59 Å². The minimum absolute atomic E-state index is 0.0840. The Bertz CT molecular complexity index is 699. The molecule has 0 aliphatic carbocycles. The van der Waals surface area contributed by atoms with E-state index in [1.54, 1.807) is 6.20 Å². The second kappa shape index (κ2) is 6.30. The highest BCUT2D eigenvalue weighted by Gasteiger charge is 2.18. The monoisotopic (exact) mass is 299 g/mol. The lowest BCUT2D eigenvalue weighted by Gasteiger charge is -2.26. The van der Waals surface area contributed by atoms with Crippen LogP contribution < -0.4 is 0 Å². The molecule has 3 rings (SSSR count). The van der Waals surface area contributed by atoms with E-state index < -0.39 is 0 Å². The van der Waals surface area contributed by atoms with Gasteiger partial charge >= 0.3 is 0 Å². The molecule has 5 nitrogen and oxygen atoms in total. The second-order valence-corrected chi connectivity index (χ2v) is 5.90. The molecule has 2 aromatic rings. The molecule has 0 bridgehead atoms. The highest BCUT2D eigenvalue weighted by Crippen LogP contribution is 2.18. The third-order valence-corrected chi connectivity index (χ3v) is 4.33. The Labute approximate surface area is 129 Å². The number of aryl methyl sites for hydroxylation is 1. The number of benzene rings is 1. The van der Waals surface area contributed by atoms with Gasteiger partial charge in [-0.2, -0.15) is 5.10 Å². The molecule has 0 N–H and O–H groups in total. The van der Waals surface area contributed by atoms with Crippen molar-refractivity contribution in [1.29, 1.82) is 0 Å². The molecular weight excluding hydrogens is 278 g/mol. The van der Waals surface area contributed by atoms with Crippen LogP contribution in [-0.4, -0.2) is 39.6 Å². The first-order chi connectivity index (χ1) is 10.7. The topological polar surface area (TPSA) is 55.2 Å². The van der Waals surface area contributed by atoms with Crippen molar-refractivity contribution in [3.05, 3.63) is 30.0 Å². The maximum absolute atomic E-state index is 12.3. The van der Waals surface area contributed by atoms with Crippen molar-refractivity contribution in [1.82, 2.24) is 14.7 Å². The molecule has 0 unspecified atom stereocenters. The number of carbonyl (C=O) groups is 2. The predicted molar refractivity (Wildman–Crippen MR) is 84.8 cm³/mol. The lowest BCUT2D eigenvalue weighted by atomic mass is 10.1. The zero-order chi connectivity index (χ0) is 15.5. The summed E-state index contributed by atoms with van der Waals surface area (Å²) in [7, 11) is 0. The fourth-order valence-corrected chi connectivity index (χ4v) is 3.02. The van der Waals surface area contributed by atoms with Crippen LogP contribution in [0.3, 0.4) is 0 Å². The van der Waals surface area contributed by atoms with Gasteiger partial charge in [0.25, 0.3) is 0 Å². The van der Waals surface area contributed by atoms with Gasteiger partial charge in [0.15, 0.2) is 0 Å². The van der Waals surface area contributed by atoms with Gasteiger partial charge in [-0.05, 0) is 37.8 Å². The van der Waals surface area contributed by atoms with Gasteiger partial charge in [-0.3, -0.25) is 9.59 Å². The summed E-state index contributed by atoms with van der Waals surface area (Å²) in [4.78, 5) is 26.4. The van der Waals surface area contributed by atoms with Gasteiger partial charge in [0.1, 0.15) is 0 Å². The lowest BCUT2D eigenvalue weighted by molar-refractivity contribution is -0.132. The highest BCUT2D eigenvalue weighted by atomic mass is 16.2. The third kappa shape index (κ3) is 2.89. The molecule has 0 radical (unpaired) electrons. The minimum atomic E-state index is -0.119. The molecule has 1 fully saturated rings. The predicted octanol–water partition coefficient (Wildman–Crippen LogP) is 2.78. The number of fused-ring (bicyclic) bond motifs is 1. The SMILES string of the molecule is Cc1cccc2c1cnn2C(=O)CCC(=O)N1CCCCC1. The summed E-state index contributed by atoms with van der Waals surface area (Å²) < 4.78 is 1.42. The molecule has 1 amide bonds.